The quantitative estimate of drug-likeness (QED) is 0.0408. The number of carbonyl (C=O) groups excluding carboxylic acids is 2. The van der Waals surface area contributed by atoms with E-state index in [2.05, 4.69) is 10.6 Å². The third-order valence-electron chi connectivity index (χ3n) is 12.9. The zero-order valence-electron chi connectivity index (χ0n) is 43.0. The summed E-state index contributed by atoms with van der Waals surface area (Å²) in [5.41, 5.74) is 18.0. The number of unbranched alkanes of at least 4 members (excludes halogenated alkanes) is 3. The lowest BCUT2D eigenvalue weighted by atomic mass is 10.0. The smallest absolute Gasteiger partial charge is 0.243 e. The van der Waals surface area contributed by atoms with E-state index in [1.54, 1.807) is 54.6 Å². The minimum absolute atomic E-state index is 0.0630. The van der Waals surface area contributed by atoms with Crippen LogP contribution in [0.25, 0.3) is 22.3 Å². The van der Waals surface area contributed by atoms with Crippen molar-refractivity contribution >= 4 is 43.5 Å². The molecule has 0 aliphatic heterocycles. The van der Waals surface area contributed by atoms with Crippen molar-refractivity contribution in [1.82, 2.24) is 19.2 Å². The number of hydrogen-bond acceptors (Lipinski definition) is 8. The average Bonchev–Trinajstić information content (AvgIpc) is 3.44. The molecule has 7 aromatic carbocycles. The second kappa shape index (κ2) is 29.1. The standard InChI is InChI=1S/C31H32FN3O3S.C29H36ClN3O3S/c1-23(26-6-3-2-4-7-26)21-35(22-31(36)34-20-25-12-10-24(19-33)11-13-25)39(37,38)30-16-14-27(15-17-30)28-8-5-9-29(32)18-28;1-23(24-11-5-4-6-12-24)21-33(22-29(34)32-20-10-3-2-9-19-31)37(35,36)26-17-15-25(16-18-26)27-13-7-8-14-28(27)30/h2-18,23H,19-22,33H2,1H3,(H,34,36);4-8,11-18,23H,2-3,9-10,19-22,31H2,1H3,(H,32,34). The van der Waals surface area contributed by atoms with Crippen LogP contribution in [-0.4, -0.2) is 76.5 Å². The Hall–Kier alpha value is -6.56. The van der Waals surface area contributed by atoms with Gasteiger partial charge in [-0.2, -0.15) is 8.61 Å². The molecule has 0 saturated heterocycles. The van der Waals surface area contributed by atoms with Crippen molar-refractivity contribution in [3.8, 4) is 22.3 Å². The topological polar surface area (TPSA) is 185 Å². The van der Waals surface area contributed by atoms with Gasteiger partial charge in [-0.05, 0) is 113 Å². The van der Waals surface area contributed by atoms with Crippen molar-refractivity contribution in [1.29, 1.82) is 0 Å². The van der Waals surface area contributed by atoms with E-state index in [1.807, 2.05) is 117 Å². The Morgan fingerprint density at radius 1 is 0.539 bits per heavy atom. The predicted octanol–water partition coefficient (Wildman–Crippen LogP) is 10.5. The predicted molar refractivity (Wildman–Crippen MR) is 303 cm³/mol. The summed E-state index contributed by atoms with van der Waals surface area (Å²) < 4.78 is 71.1. The molecule has 76 heavy (non-hydrogen) atoms. The van der Waals surface area contributed by atoms with Crippen molar-refractivity contribution < 1.29 is 30.8 Å². The third-order valence-corrected chi connectivity index (χ3v) is 16.8. The molecule has 6 N–H and O–H groups in total. The highest BCUT2D eigenvalue weighted by molar-refractivity contribution is 7.89. The molecule has 0 heterocycles. The van der Waals surface area contributed by atoms with Gasteiger partial charge in [0.1, 0.15) is 5.82 Å². The monoisotopic (exact) mass is 1090 g/mol. The molecule has 7 aromatic rings. The van der Waals surface area contributed by atoms with E-state index >= 15 is 0 Å². The molecular weight excluding hydrogens is 1020 g/mol. The molecule has 400 valence electrons. The zero-order chi connectivity index (χ0) is 54.5. The minimum Gasteiger partial charge on any atom is -0.355 e. The van der Waals surface area contributed by atoms with Gasteiger partial charge in [0.05, 0.1) is 22.9 Å². The third kappa shape index (κ3) is 17.2. The lowest BCUT2D eigenvalue weighted by Gasteiger charge is -2.25. The van der Waals surface area contributed by atoms with Gasteiger partial charge in [-0.25, -0.2) is 21.2 Å². The number of nitrogens with two attached hydrogens (primary N) is 2. The maximum atomic E-state index is 13.8. The van der Waals surface area contributed by atoms with Crippen molar-refractivity contribution in [2.45, 2.75) is 74.2 Å². The maximum Gasteiger partial charge on any atom is 0.243 e. The molecule has 0 aliphatic carbocycles. The molecule has 0 radical (unpaired) electrons. The van der Waals surface area contributed by atoms with Gasteiger partial charge in [0, 0.05) is 43.3 Å². The lowest BCUT2D eigenvalue weighted by Crippen LogP contribution is -2.42. The van der Waals surface area contributed by atoms with Gasteiger partial charge < -0.3 is 22.1 Å². The van der Waals surface area contributed by atoms with Crippen LogP contribution < -0.4 is 22.1 Å². The van der Waals surface area contributed by atoms with Crippen LogP contribution >= 0.6 is 11.6 Å². The van der Waals surface area contributed by atoms with Crippen molar-refractivity contribution in [3.63, 3.8) is 0 Å². The molecule has 2 atom stereocenters. The van der Waals surface area contributed by atoms with Gasteiger partial charge in [0.25, 0.3) is 0 Å². The van der Waals surface area contributed by atoms with Crippen LogP contribution in [0.15, 0.2) is 192 Å². The van der Waals surface area contributed by atoms with Crippen LogP contribution in [0.1, 0.15) is 73.6 Å². The Balaban J connectivity index is 0.000000247. The number of benzene rings is 7. The molecule has 2 unspecified atom stereocenters. The molecule has 0 saturated carbocycles. The first-order valence-corrected chi connectivity index (χ1v) is 28.7. The SMILES string of the molecule is CC(CN(CC(=O)NCCCCCCN)S(=O)(=O)c1ccc(-c2ccccc2Cl)cc1)c1ccccc1.CC(CN(CC(=O)NCc1ccc(CN)cc1)S(=O)(=O)c1ccc(-c2cccc(F)c2)cc1)c1ccccc1. The number of carbonyl (C=O) groups is 2. The van der Waals surface area contributed by atoms with E-state index in [0.717, 1.165) is 59.1 Å². The van der Waals surface area contributed by atoms with Crippen molar-refractivity contribution in [2.24, 2.45) is 11.5 Å². The largest absolute Gasteiger partial charge is 0.355 e. The first kappa shape index (κ1) is 58.7. The second-order valence-electron chi connectivity index (χ2n) is 18.6. The first-order chi connectivity index (χ1) is 36.6. The van der Waals surface area contributed by atoms with Crippen LogP contribution in [0.3, 0.4) is 0 Å². The van der Waals surface area contributed by atoms with E-state index in [4.69, 9.17) is 23.1 Å². The Morgan fingerprint density at radius 2 is 1.03 bits per heavy atom. The molecule has 0 aromatic heterocycles. The fourth-order valence-electron chi connectivity index (χ4n) is 8.44. The highest BCUT2D eigenvalue weighted by Crippen LogP contribution is 2.30. The minimum atomic E-state index is -4.01. The van der Waals surface area contributed by atoms with Gasteiger partial charge in [-0.3, -0.25) is 9.59 Å². The summed E-state index contributed by atoms with van der Waals surface area (Å²) in [5, 5.41) is 6.29. The number of nitrogens with zero attached hydrogens (tertiary/aromatic N) is 2. The van der Waals surface area contributed by atoms with E-state index < -0.39 is 26.0 Å². The summed E-state index contributed by atoms with van der Waals surface area (Å²) in [6.07, 6.45) is 3.79. The Bertz CT molecular complexity index is 3160. The van der Waals surface area contributed by atoms with E-state index in [-0.39, 0.29) is 66.1 Å². The van der Waals surface area contributed by atoms with E-state index in [1.165, 1.54) is 32.9 Å². The molecule has 7 rings (SSSR count). The fourth-order valence-corrected chi connectivity index (χ4v) is 11.7. The fraction of sp³-hybridized carbons (Fsp3) is 0.267. The Morgan fingerprint density at radius 3 is 1.54 bits per heavy atom. The van der Waals surface area contributed by atoms with E-state index in [0.29, 0.717) is 35.8 Å². The van der Waals surface area contributed by atoms with Gasteiger partial charge in [-0.15, -0.1) is 0 Å². The summed E-state index contributed by atoms with van der Waals surface area (Å²) in [6.45, 7) is 5.52. The molecule has 16 heteroatoms. The van der Waals surface area contributed by atoms with Crippen LogP contribution in [0.2, 0.25) is 5.02 Å². The molecule has 2 amide bonds. The molecule has 12 nitrogen and oxygen atoms in total. The second-order valence-corrected chi connectivity index (χ2v) is 22.9. The molecule has 0 fully saturated rings. The summed E-state index contributed by atoms with van der Waals surface area (Å²) in [7, 11) is -7.94. The summed E-state index contributed by atoms with van der Waals surface area (Å²) in [4.78, 5) is 25.9. The number of hydrogen-bond donors (Lipinski definition) is 4. The van der Waals surface area contributed by atoms with Gasteiger partial charge in [-0.1, -0.05) is 178 Å². The van der Waals surface area contributed by atoms with Crippen molar-refractivity contribution in [3.05, 3.63) is 215 Å². The van der Waals surface area contributed by atoms with Crippen LogP contribution in [0.5, 0.6) is 0 Å². The number of nitrogens with one attached hydrogen (secondary N) is 2. The van der Waals surface area contributed by atoms with Gasteiger partial charge in [0.15, 0.2) is 0 Å². The van der Waals surface area contributed by atoms with Crippen molar-refractivity contribution in [2.75, 3.05) is 39.3 Å². The average molecular weight is 1090 g/mol. The lowest BCUT2D eigenvalue weighted by molar-refractivity contribution is -0.122. The summed E-state index contributed by atoms with van der Waals surface area (Å²) >= 11 is 6.31. The molecular formula is C60H68ClFN6O6S2. The number of rotatable bonds is 25. The maximum absolute atomic E-state index is 13.8. The van der Waals surface area contributed by atoms with Crippen LogP contribution in [-0.2, 0) is 42.7 Å². The van der Waals surface area contributed by atoms with Gasteiger partial charge >= 0.3 is 0 Å². The number of sulfonamides is 2. The first-order valence-electron chi connectivity index (χ1n) is 25.4. The van der Waals surface area contributed by atoms with E-state index in [9.17, 15) is 30.8 Å². The highest BCUT2D eigenvalue weighted by atomic mass is 35.5. The van der Waals surface area contributed by atoms with Gasteiger partial charge in [0.2, 0.25) is 31.9 Å². The van der Waals surface area contributed by atoms with Crippen LogP contribution in [0.4, 0.5) is 4.39 Å². The Kier molecular flexibility index (Phi) is 22.5. The Labute approximate surface area is 453 Å². The molecule has 0 bridgehead atoms. The summed E-state index contributed by atoms with van der Waals surface area (Å²) in [5.74, 6) is -1.33. The highest BCUT2D eigenvalue weighted by Gasteiger charge is 2.30. The molecule has 0 aliphatic rings. The van der Waals surface area contributed by atoms with Crippen LogP contribution in [0, 0.1) is 5.82 Å². The number of amides is 2. The zero-order valence-corrected chi connectivity index (χ0v) is 45.4. The summed E-state index contributed by atoms with van der Waals surface area (Å²) in [6, 6.07) is 53.3. The molecule has 0 spiro atoms. The normalized spacial score (nSPS) is 12.4. The number of halogens is 2.